The first-order valence-corrected chi connectivity index (χ1v) is 7.06. The summed E-state index contributed by atoms with van der Waals surface area (Å²) in [7, 11) is 0. The molecule has 0 bridgehead atoms. The fourth-order valence-corrected chi connectivity index (χ4v) is 2.17. The Hall–Kier alpha value is -2.47. The Morgan fingerprint density at radius 3 is 2.67 bits per heavy atom. The molecule has 21 heavy (non-hydrogen) atoms. The van der Waals surface area contributed by atoms with Crippen molar-refractivity contribution >= 4 is 27.7 Å². The Kier molecular flexibility index (Phi) is 3.79. The molecule has 1 aromatic carbocycles. The highest BCUT2D eigenvalue weighted by Crippen LogP contribution is 2.12. The number of amides is 1. The fraction of sp³-hybridized carbons (Fsp3) is 0. The fourth-order valence-electron chi connectivity index (χ4n) is 1.83. The summed E-state index contributed by atoms with van der Waals surface area (Å²) in [4.78, 5) is 16.3. The van der Waals surface area contributed by atoms with Gasteiger partial charge in [0.05, 0.1) is 17.4 Å². The predicted octanol–water partition coefficient (Wildman–Crippen LogP) is 3.28. The molecule has 0 atom stereocenters. The van der Waals surface area contributed by atoms with Gasteiger partial charge in [-0.15, -0.1) is 0 Å². The lowest BCUT2D eigenvalue weighted by Gasteiger charge is -2.02. The van der Waals surface area contributed by atoms with Crippen LogP contribution in [0, 0.1) is 0 Å². The zero-order valence-corrected chi connectivity index (χ0v) is 12.5. The number of benzene rings is 1. The van der Waals surface area contributed by atoms with E-state index in [9.17, 15) is 4.79 Å². The smallest absolute Gasteiger partial charge is 0.260 e. The van der Waals surface area contributed by atoms with Crippen LogP contribution in [0.25, 0.3) is 5.69 Å². The summed E-state index contributed by atoms with van der Waals surface area (Å²) >= 11 is 3.26. The predicted molar refractivity (Wildman–Crippen MR) is 83.5 cm³/mol. The Balaban J connectivity index is 1.78. The van der Waals surface area contributed by atoms with Crippen molar-refractivity contribution in [2.45, 2.75) is 0 Å². The van der Waals surface area contributed by atoms with E-state index in [4.69, 9.17) is 0 Å². The van der Waals surface area contributed by atoms with Gasteiger partial charge in [-0.1, -0.05) is 24.3 Å². The number of hydrogen-bond donors (Lipinski definition) is 1. The summed E-state index contributed by atoms with van der Waals surface area (Å²) in [5, 5.41) is 6.92. The van der Waals surface area contributed by atoms with Gasteiger partial charge in [-0.2, -0.15) is 5.10 Å². The third-order valence-electron chi connectivity index (χ3n) is 2.82. The first-order chi connectivity index (χ1) is 10.2. The van der Waals surface area contributed by atoms with Gasteiger partial charge in [-0.3, -0.25) is 4.79 Å². The summed E-state index contributed by atoms with van der Waals surface area (Å²) in [6.45, 7) is 0. The van der Waals surface area contributed by atoms with Crippen molar-refractivity contribution < 1.29 is 4.79 Å². The maximum Gasteiger partial charge on any atom is 0.260 e. The van der Waals surface area contributed by atoms with E-state index in [1.54, 1.807) is 29.1 Å². The second kappa shape index (κ2) is 5.88. The number of aromatic nitrogens is 3. The van der Waals surface area contributed by atoms with Gasteiger partial charge >= 0.3 is 0 Å². The molecule has 3 rings (SSSR count). The lowest BCUT2D eigenvalue weighted by atomic mass is 10.3. The van der Waals surface area contributed by atoms with Crippen LogP contribution in [0.1, 0.15) is 10.4 Å². The van der Waals surface area contributed by atoms with Crippen molar-refractivity contribution in [1.82, 2.24) is 14.8 Å². The third-order valence-corrected chi connectivity index (χ3v) is 3.26. The van der Waals surface area contributed by atoms with Crippen molar-refractivity contribution in [3.8, 4) is 5.69 Å². The minimum atomic E-state index is -0.247. The van der Waals surface area contributed by atoms with E-state index in [-0.39, 0.29) is 5.91 Å². The molecule has 0 radical (unpaired) electrons. The summed E-state index contributed by atoms with van der Waals surface area (Å²) in [5.41, 5.74) is 1.37. The molecule has 3 aromatic rings. The number of para-hydroxylation sites is 1. The number of pyridine rings is 1. The second-order valence-electron chi connectivity index (χ2n) is 4.31. The Bertz CT molecular complexity index is 770. The summed E-state index contributed by atoms with van der Waals surface area (Å²) in [6.07, 6.45) is 3.21. The highest BCUT2D eigenvalue weighted by atomic mass is 79.9. The molecule has 6 heteroatoms. The van der Waals surface area contributed by atoms with Crippen LogP contribution in [0.4, 0.5) is 5.82 Å². The van der Waals surface area contributed by atoms with E-state index in [1.807, 2.05) is 30.3 Å². The van der Waals surface area contributed by atoms with Crippen molar-refractivity contribution in [1.29, 1.82) is 0 Å². The zero-order valence-electron chi connectivity index (χ0n) is 10.9. The maximum atomic E-state index is 12.2. The largest absolute Gasteiger partial charge is 0.306 e. The van der Waals surface area contributed by atoms with Crippen molar-refractivity contribution in [3.63, 3.8) is 0 Å². The number of nitrogens with zero attached hydrogens (tertiary/aromatic N) is 3. The van der Waals surface area contributed by atoms with E-state index < -0.39 is 0 Å². The lowest BCUT2D eigenvalue weighted by Crippen LogP contribution is -2.12. The van der Waals surface area contributed by atoms with Crippen LogP contribution < -0.4 is 5.32 Å². The highest BCUT2D eigenvalue weighted by molar-refractivity contribution is 9.10. The Morgan fingerprint density at radius 1 is 1.10 bits per heavy atom. The van der Waals surface area contributed by atoms with Gasteiger partial charge in [0, 0.05) is 6.20 Å². The minimum Gasteiger partial charge on any atom is -0.306 e. The molecular weight excluding hydrogens is 332 g/mol. The van der Waals surface area contributed by atoms with Crippen LogP contribution >= 0.6 is 15.9 Å². The molecule has 5 nitrogen and oxygen atoms in total. The van der Waals surface area contributed by atoms with Crippen LogP contribution in [0.5, 0.6) is 0 Å². The molecule has 1 N–H and O–H groups in total. The summed E-state index contributed by atoms with van der Waals surface area (Å²) in [6, 6.07) is 14.9. The highest BCUT2D eigenvalue weighted by Gasteiger charge is 2.10. The molecule has 0 fully saturated rings. The molecule has 1 amide bonds. The maximum absolute atomic E-state index is 12.2. The van der Waals surface area contributed by atoms with Crippen LogP contribution in [0.15, 0.2) is 65.5 Å². The van der Waals surface area contributed by atoms with Gasteiger partial charge < -0.3 is 5.32 Å². The molecule has 0 aliphatic rings. The molecule has 2 aromatic heterocycles. The zero-order chi connectivity index (χ0) is 14.7. The van der Waals surface area contributed by atoms with E-state index in [2.05, 4.69) is 31.3 Å². The number of carbonyl (C=O) groups is 1. The molecule has 2 heterocycles. The first-order valence-electron chi connectivity index (χ1n) is 6.26. The molecule has 104 valence electrons. The number of anilines is 1. The average Bonchev–Trinajstić information content (AvgIpc) is 2.98. The number of rotatable bonds is 3. The topological polar surface area (TPSA) is 59.8 Å². The van der Waals surface area contributed by atoms with Crippen molar-refractivity contribution in [2.75, 3.05) is 5.32 Å². The SMILES string of the molecule is O=C(Nc1cccc(Br)n1)c1cnn(-c2ccccc2)c1. The van der Waals surface area contributed by atoms with E-state index in [0.717, 1.165) is 5.69 Å². The second-order valence-corrected chi connectivity index (χ2v) is 5.12. The third kappa shape index (κ3) is 3.17. The number of halogens is 1. The quantitative estimate of drug-likeness (QED) is 0.743. The molecule has 0 aliphatic carbocycles. The number of carbonyl (C=O) groups excluding carboxylic acids is 1. The van der Waals surface area contributed by atoms with E-state index >= 15 is 0 Å². The minimum absolute atomic E-state index is 0.247. The summed E-state index contributed by atoms with van der Waals surface area (Å²) < 4.78 is 2.32. The Morgan fingerprint density at radius 2 is 1.90 bits per heavy atom. The Labute approximate surface area is 129 Å². The molecule has 0 saturated carbocycles. The monoisotopic (exact) mass is 342 g/mol. The van der Waals surface area contributed by atoms with Gasteiger partial charge in [-0.25, -0.2) is 9.67 Å². The standard InChI is InChI=1S/C15H11BrN4O/c16-13-7-4-8-14(18-13)19-15(21)11-9-17-20(10-11)12-5-2-1-3-6-12/h1-10H,(H,18,19,21). The normalized spacial score (nSPS) is 10.3. The molecule has 0 saturated heterocycles. The van der Waals surface area contributed by atoms with E-state index in [0.29, 0.717) is 16.0 Å². The first kappa shape index (κ1) is 13.5. The van der Waals surface area contributed by atoms with Crippen molar-refractivity contribution in [2.24, 2.45) is 0 Å². The van der Waals surface area contributed by atoms with Gasteiger partial charge in [0.15, 0.2) is 0 Å². The number of nitrogens with one attached hydrogen (secondary N) is 1. The molecule has 0 unspecified atom stereocenters. The summed E-state index contributed by atoms with van der Waals surface area (Å²) in [5.74, 6) is 0.240. The van der Waals surface area contributed by atoms with Gasteiger partial charge in [0.1, 0.15) is 10.4 Å². The van der Waals surface area contributed by atoms with E-state index in [1.165, 1.54) is 6.20 Å². The van der Waals surface area contributed by atoms with Crippen LogP contribution in [0.3, 0.4) is 0 Å². The van der Waals surface area contributed by atoms with Crippen LogP contribution in [0.2, 0.25) is 0 Å². The van der Waals surface area contributed by atoms with Gasteiger partial charge in [0.25, 0.3) is 5.91 Å². The number of hydrogen-bond acceptors (Lipinski definition) is 3. The molecule has 0 aliphatic heterocycles. The van der Waals surface area contributed by atoms with Gasteiger partial charge in [0.2, 0.25) is 0 Å². The van der Waals surface area contributed by atoms with Gasteiger partial charge in [-0.05, 0) is 40.2 Å². The van der Waals surface area contributed by atoms with Crippen LogP contribution in [-0.4, -0.2) is 20.7 Å². The van der Waals surface area contributed by atoms with Crippen molar-refractivity contribution in [3.05, 3.63) is 71.1 Å². The van der Waals surface area contributed by atoms with Crippen LogP contribution in [-0.2, 0) is 0 Å². The molecule has 0 spiro atoms. The lowest BCUT2D eigenvalue weighted by molar-refractivity contribution is 0.102. The average molecular weight is 343 g/mol. The molecular formula is C15H11BrN4O.